The lowest BCUT2D eigenvalue weighted by Gasteiger charge is -2.32. The van der Waals surface area contributed by atoms with Crippen LogP contribution in [0.3, 0.4) is 0 Å². The molecule has 0 spiro atoms. The second kappa shape index (κ2) is 13.8. The number of likely N-dealkylation sites (tertiary alicyclic amines) is 1. The molecule has 0 aliphatic carbocycles. The molecule has 2 N–H and O–H groups in total. The predicted octanol–water partition coefficient (Wildman–Crippen LogP) is 5.75. The molecule has 10 heteroatoms. The number of thioether (sulfide) groups is 1. The molecule has 0 amide bonds. The summed E-state index contributed by atoms with van der Waals surface area (Å²) in [6.45, 7) is 19.4. The summed E-state index contributed by atoms with van der Waals surface area (Å²) in [4.78, 5) is 12.7. The molecule has 1 fully saturated rings. The van der Waals surface area contributed by atoms with Gasteiger partial charge in [-0.25, -0.2) is 9.97 Å². The van der Waals surface area contributed by atoms with E-state index in [4.69, 9.17) is 14.2 Å². The van der Waals surface area contributed by atoms with E-state index in [9.17, 15) is 0 Å². The first-order valence-corrected chi connectivity index (χ1v) is 14.8. The third-order valence-corrected chi connectivity index (χ3v) is 8.07. The Morgan fingerprint density at radius 1 is 1.05 bits per heavy atom. The van der Waals surface area contributed by atoms with Gasteiger partial charge in [-0.15, -0.1) is 11.8 Å². The van der Waals surface area contributed by atoms with Crippen molar-refractivity contribution in [1.29, 1.82) is 0 Å². The number of aromatic nitrogens is 4. The number of hydrogen-bond acceptors (Lipinski definition) is 9. The van der Waals surface area contributed by atoms with Gasteiger partial charge in [0.05, 0.1) is 36.8 Å². The highest BCUT2D eigenvalue weighted by Crippen LogP contribution is 2.41. The minimum atomic E-state index is 0.0288. The van der Waals surface area contributed by atoms with Crippen LogP contribution in [-0.4, -0.2) is 82.5 Å². The predicted molar refractivity (Wildman–Crippen MR) is 158 cm³/mol. The molecule has 1 saturated heterocycles. The summed E-state index contributed by atoms with van der Waals surface area (Å²) in [5, 5.41) is 11.8. The lowest BCUT2D eigenvalue weighted by atomic mass is 9.98. The smallest absolute Gasteiger partial charge is 0.156 e. The average Bonchev–Trinajstić information content (AvgIpc) is 3.22. The zero-order chi connectivity index (χ0) is 27.8. The molecule has 0 bridgehead atoms. The summed E-state index contributed by atoms with van der Waals surface area (Å²) in [5.74, 6) is 2.95. The second-order valence-electron chi connectivity index (χ2n) is 11.1. The van der Waals surface area contributed by atoms with Crippen LogP contribution in [0.1, 0.15) is 51.8 Å². The third kappa shape index (κ3) is 8.54. The van der Waals surface area contributed by atoms with Crippen molar-refractivity contribution in [1.82, 2.24) is 25.1 Å². The van der Waals surface area contributed by atoms with Crippen LogP contribution < -0.4 is 10.1 Å². The number of aryl methyl sites for hydroxylation is 1. The first-order chi connectivity index (χ1) is 18.7. The lowest BCUT2D eigenvalue weighted by molar-refractivity contribution is 0.0368. The lowest BCUT2D eigenvalue weighted by Crippen LogP contribution is -2.37. The van der Waals surface area contributed by atoms with E-state index < -0.39 is 0 Å². The molecule has 4 rings (SSSR count). The molecule has 3 aromatic rings. The zero-order valence-corrected chi connectivity index (χ0v) is 25.1. The van der Waals surface area contributed by atoms with E-state index >= 15 is 0 Å². The second-order valence-corrected chi connectivity index (χ2v) is 13.0. The van der Waals surface area contributed by atoms with E-state index in [0.29, 0.717) is 25.7 Å². The van der Waals surface area contributed by atoms with Crippen LogP contribution in [0.2, 0.25) is 0 Å². The van der Waals surface area contributed by atoms with Gasteiger partial charge in [-0.2, -0.15) is 5.10 Å². The number of hydrogen-bond donors (Lipinski definition) is 2. The van der Waals surface area contributed by atoms with E-state index in [1.54, 1.807) is 18.1 Å². The summed E-state index contributed by atoms with van der Waals surface area (Å²) in [7, 11) is 0. The average molecular weight is 557 g/mol. The van der Waals surface area contributed by atoms with E-state index in [1.807, 2.05) is 20.8 Å². The van der Waals surface area contributed by atoms with E-state index in [-0.39, 0.29) is 4.75 Å². The molecule has 1 aliphatic heterocycles. The summed E-state index contributed by atoms with van der Waals surface area (Å²) >= 11 is 1.81. The molecular formula is C29H44N6O3S. The number of rotatable bonds is 13. The van der Waals surface area contributed by atoms with Gasteiger partial charge in [0.15, 0.2) is 5.82 Å². The van der Waals surface area contributed by atoms with Crippen molar-refractivity contribution in [3.8, 4) is 5.75 Å². The van der Waals surface area contributed by atoms with E-state index in [2.05, 4.69) is 63.3 Å². The number of anilines is 2. The fourth-order valence-electron chi connectivity index (χ4n) is 4.55. The molecular weight excluding hydrogens is 512 g/mol. The van der Waals surface area contributed by atoms with Crippen LogP contribution in [0.5, 0.6) is 5.75 Å². The van der Waals surface area contributed by atoms with E-state index in [1.165, 1.54) is 0 Å². The van der Waals surface area contributed by atoms with Crippen molar-refractivity contribution >= 4 is 34.3 Å². The first kappa shape index (κ1) is 29.6. The maximum absolute atomic E-state index is 6.51. The number of nitrogens with one attached hydrogen (secondary N) is 2. The molecule has 0 radical (unpaired) electrons. The first-order valence-electron chi connectivity index (χ1n) is 14.0. The summed E-state index contributed by atoms with van der Waals surface area (Å²) in [6.07, 6.45) is 3.86. The van der Waals surface area contributed by atoms with Crippen molar-refractivity contribution in [2.45, 2.75) is 64.0 Å². The minimum absolute atomic E-state index is 0.0288. The van der Waals surface area contributed by atoms with Crippen LogP contribution in [0, 0.1) is 19.8 Å². The SMILES string of the molecule is CCOCCOCCN1CCC(COc2cc3ncnc(Nc4n[nH]c(C)c4C)c3cc2SC(C)(C)C)CC1. The molecule has 214 valence electrons. The van der Waals surface area contributed by atoms with Gasteiger partial charge in [-0.1, -0.05) is 20.8 Å². The number of aromatic amines is 1. The highest BCUT2D eigenvalue weighted by Gasteiger charge is 2.22. The van der Waals surface area contributed by atoms with Gasteiger partial charge >= 0.3 is 0 Å². The Labute approximate surface area is 236 Å². The van der Waals surface area contributed by atoms with Crippen LogP contribution >= 0.6 is 11.8 Å². The van der Waals surface area contributed by atoms with E-state index in [0.717, 1.165) is 90.1 Å². The Kier molecular flexibility index (Phi) is 10.5. The van der Waals surface area contributed by atoms with Gasteiger partial charge in [-0.3, -0.25) is 5.10 Å². The van der Waals surface area contributed by atoms with Gasteiger partial charge in [0, 0.05) is 40.6 Å². The number of nitrogens with zero attached hydrogens (tertiary/aromatic N) is 4. The minimum Gasteiger partial charge on any atom is -0.492 e. The topological polar surface area (TPSA) is 97.4 Å². The summed E-state index contributed by atoms with van der Waals surface area (Å²) in [5.41, 5.74) is 2.96. The van der Waals surface area contributed by atoms with Crippen molar-refractivity contribution in [3.05, 3.63) is 29.7 Å². The van der Waals surface area contributed by atoms with Crippen LogP contribution in [0.25, 0.3) is 10.9 Å². The molecule has 39 heavy (non-hydrogen) atoms. The Hall–Kier alpha value is -2.40. The zero-order valence-electron chi connectivity index (χ0n) is 24.3. The third-order valence-electron chi connectivity index (χ3n) is 6.92. The van der Waals surface area contributed by atoms with Crippen molar-refractivity contribution in [3.63, 3.8) is 0 Å². The molecule has 1 aliphatic rings. The van der Waals surface area contributed by atoms with Crippen molar-refractivity contribution in [2.75, 3.05) is 58.0 Å². The van der Waals surface area contributed by atoms with Gasteiger partial charge < -0.3 is 24.4 Å². The summed E-state index contributed by atoms with van der Waals surface area (Å²) in [6, 6.07) is 4.22. The van der Waals surface area contributed by atoms with Crippen molar-refractivity contribution < 1.29 is 14.2 Å². The fraction of sp³-hybridized carbons (Fsp3) is 0.621. The molecule has 0 saturated carbocycles. The normalized spacial score (nSPS) is 15.2. The highest BCUT2D eigenvalue weighted by molar-refractivity contribution is 8.00. The maximum atomic E-state index is 6.51. The van der Waals surface area contributed by atoms with Crippen molar-refractivity contribution in [2.24, 2.45) is 5.92 Å². The molecule has 1 aromatic carbocycles. The quantitative estimate of drug-likeness (QED) is 0.201. The van der Waals surface area contributed by atoms with Gasteiger partial charge in [0.25, 0.3) is 0 Å². The Morgan fingerprint density at radius 3 is 2.51 bits per heavy atom. The van der Waals surface area contributed by atoms with Gasteiger partial charge in [-0.05, 0) is 58.7 Å². The number of H-pyrrole nitrogens is 1. The Bertz CT molecular complexity index is 1200. The van der Waals surface area contributed by atoms with Gasteiger partial charge in [0.2, 0.25) is 0 Å². The fourth-order valence-corrected chi connectivity index (χ4v) is 5.60. The number of piperidine rings is 1. The Balaban J connectivity index is 1.40. The van der Waals surface area contributed by atoms with Crippen LogP contribution in [0.15, 0.2) is 23.4 Å². The molecule has 2 aromatic heterocycles. The largest absolute Gasteiger partial charge is 0.492 e. The molecule has 9 nitrogen and oxygen atoms in total. The van der Waals surface area contributed by atoms with Gasteiger partial charge in [0.1, 0.15) is 17.9 Å². The van der Waals surface area contributed by atoms with Crippen LogP contribution in [0.4, 0.5) is 11.6 Å². The maximum Gasteiger partial charge on any atom is 0.156 e. The number of fused-ring (bicyclic) bond motifs is 1. The highest BCUT2D eigenvalue weighted by atomic mass is 32.2. The molecule has 0 atom stereocenters. The standard InChI is InChI=1S/C29H44N6O3S/c1-7-36-14-15-37-13-12-35-10-8-22(9-11-35)18-38-25-17-24-23(16-26(25)39-29(4,5)6)28(31-19-30-24)32-27-20(2)21(3)33-34-27/h16-17,19,22H,7-15,18H2,1-6H3,(H2,30,31,32,33,34). The Morgan fingerprint density at radius 2 is 1.82 bits per heavy atom. The number of benzene rings is 1. The monoisotopic (exact) mass is 556 g/mol. The molecule has 3 heterocycles. The number of ether oxygens (including phenoxy) is 3. The van der Waals surface area contributed by atoms with Crippen LogP contribution in [-0.2, 0) is 9.47 Å². The molecule has 0 unspecified atom stereocenters. The summed E-state index contributed by atoms with van der Waals surface area (Å²) < 4.78 is 17.6.